The number of aliphatic carboxylic acids is 1. The van der Waals surface area contributed by atoms with Crippen molar-refractivity contribution in [3.63, 3.8) is 0 Å². The standard InChI is InChI=1S/C32H40O5S.2Na.2H/c1-2-3-4-5-6-7-8-10-23-13-15-25(16-14-23)31(29(33)11-9-12-30(34)35)38-28-20-19-24-17-18-26(32(36)37)21-27(24)22-28;;;;/h13-22,29,31,33H,2-12H2,1H3,(H,34,35)(H,36,37);;;;. The van der Waals surface area contributed by atoms with Crippen LogP contribution in [0.5, 0.6) is 0 Å². The summed E-state index contributed by atoms with van der Waals surface area (Å²) in [4.78, 5) is 23.3. The monoisotopic (exact) mass is 584 g/mol. The number of rotatable bonds is 17. The first kappa shape index (κ1) is 37.2. The molecule has 0 amide bonds. The number of hydrogen-bond acceptors (Lipinski definition) is 4. The van der Waals surface area contributed by atoms with Crippen molar-refractivity contribution in [2.75, 3.05) is 0 Å². The average molecular weight is 585 g/mol. The van der Waals surface area contributed by atoms with Gasteiger partial charge < -0.3 is 15.3 Å². The Kier molecular flexibility index (Phi) is 18.7. The molecule has 5 nitrogen and oxygen atoms in total. The molecule has 3 rings (SSSR count). The first-order chi connectivity index (χ1) is 18.4. The molecule has 0 bridgehead atoms. The van der Waals surface area contributed by atoms with Crippen molar-refractivity contribution in [1.29, 1.82) is 0 Å². The molecule has 0 aromatic heterocycles. The van der Waals surface area contributed by atoms with Gasteiger partial charge in [0.2, 0.25) is 0 Å². The van der Waals surface area contributed by atoms with E-state index in [2.05, 4.69) is 31.2 Å². The minimum absolute atomic E-state index is 0. The van der Waals surface area contributed by atoms with E-state index in [0.29, 0.717) is 12.8 Å². The van der Waals surface area contributed by atoms with Crippen molar-refractivity contribution in [1.82, 2.24) is 0 Å². The van der Waals surface area contributed by atoms with Crippen LogP contribution in [0.2, 0.25) is 0 Å². The maximum absolute atomic E-state index is 11.4. The molecule has 8 heteroatoms. The summed E-state index contributed by atoms with van der Waals surface area (Å²) in [6.07, 6.45) is 10.1. The SMILES string of the molecule is CCCCCCCCCc1ccc(C(Sc2ccc3ccc(C(=O)O)cc3c2)C(O)CCCC(=O)O)cc1.[NaH].[NaH]. The van der Waals surface area contributed by atoms with Crippen molar-refractivity contribution in [2.24, 2.45) is 0 Å². The number of unbranched alkanes of at least 4 members (excludes halogenated alkanes) is 6. The second-order valence-corrected chi connectivity index (χ2v) is 11.2. The molecule has 2 unspecified atom stereocenters. The number of aryl methyl sites for hydroxylation is 1. The fourth-order valence-corrected chi connectivity index (χ4v) is 5.94. The zero-order valence-corrected chi connectivity index (χ0v) is 23.1. The van der Waals surface area contributed by atoms with Crippen molar-refractivity contribution in [3.8, 4) is 0 Å². The Balaban J connectivity index is 0.00000400. The number of benzene rings is 3. The Morgan fingerprint density at radius 3 is 2.08 bits per heavy atom. The number of aromatic carboxylic acids is 1. The van der Waals surface area contributed by atoms with Gasteiger partial charge in [0.1, 0.15) is 0 Å². The van der Waals surface area contributed by atoms with Gasteiger partial charge in [0.05, 0.1) is 16.9 Å². The molecule has 3 N–H and O–H groups in total. The van der Waals surface area contributed by atoms with Crippen LogP contribution in [0.4, 0.5) is 0 Å². The average Bonchev–Trinajstić information content (AvgIpc) is 2.91. The van der Waals surface area contributed by atoms with Crippen molar-refractivity contribution in [2.45, 2.75) is 93.8 Å². The molecule has 0 radical (unpaired) electrons. The number of fused-ring (bicyclic) bond motifs is 1. The molecular formula is C32H42Na2O5S. The van der Waals surface area contributed by atoms with Crippen LogP contribution in [0.1, 0.15) is 97.9 Å². The van der Waals surface area contributed by atoms with E-state index in [1.807, 2.05) is 18.2 Å². The summed E-state index contributed by atoms with van der Waals surface area (Å²) in [5.74, 6) is -1.83. The quantitative estimate of drug-likeness (QED) is 0.0900. The van der Waals surface area contributed by atoms with Crippen LogP contribution >= 0.6 is 11.8 Å². The summed E-state index contributed by atoms with van der Waals surface area (Å²) in [7, 11) is 0. The van der Waals surface area contributed by atoms with Crippen LogP contribution in [-0.2, 0) is 11.2 Å². The van der Waals surface area contributed by atoms with E-state index in [1.54, 1.807) is 18.2 Å². The molecule has 0 aliphatic carbocycles. The molecule has 0 heterocycles. The summed E-state index contributed by atoms with van der Waals surface area (Å²) < 4.78 is 0. The van der Waals surface area contributed by atoms with Crippen LogP contribution in [0, 0.1) is 0 Å². The van der Waals surface area contributed by atoms with Crippen molar-refractivity contribution < 1.29 is 24.9 Å². The molecular weight excluding hydrogens is 542 g/mol. The van der Waals surface area contributed by atoms with Gasteiger partial charge in [0, 0.05) is 11.3 Å². The van der Waals surface area contributed by atoms with Crippen molar-refractivity contribution >= 4 is 93.6 Å². The predicted octanol–water partition coefficient (Wildman–Crippen LogP) is 6.98. The second-order valence-electron chi connectivity index (χ2n) is 10.0. The molecule has 0 saturated heterocycles. The number of carboxylic acid groups (broad SMARTS) is 2. The number of carbonyl (C=O) groups is 2. The third kappa shape index (κ3) is 12.6. The Bertz CT molecular complexity index is 1190. The first-order valence-corrected chi connectivity index (χ1v) is 14.7. The number of aliphatic hydroxyl groups is 1. The Hall–Kier alpha value is -0.830. The van der Waals surface area contributed by atoms with Crippen LogP contribution in [0.3, 0.4) is 0 Å². The summed E-state index contributed by atoms with van der Waals surface area (Å²) in [6.45, 7) is 2.24. The van der Waals surface area contributed by atoms with E-state index in [4.69, 9.17) is 5.11 Å². The number of hydrogen-bond donors (Lipinski definition) is 3. The molecule has 40 heavy (non-hydrogen) atoms. The van der Waals surface area contributed by atoms with Gasteiger partial charge in [-0.15, -0.1) is 11.8 Å². The topological polar surface area (TPSA) is 94.8 Å². The van der Waals surface area contributed by atoms with E-state index < -0.39 is 18.0 Å². The van der Waals surface area contributed by atoms with Crippen LogP contribution < -0.4 is 0 Å². The maximum atomic E-state index is 11.4. The third-order valence-corrected chi connectivity index (χ3v) is 8.31. The Morgan fingerprint density at radius 1 is 0.775 bits per heavy atom. The van der Waals surface area contributed by atoms with Gasteiger partial charge in [-0.3, -0.25) is 4.79 Å². The van der Waals surface area contributed by atoms with Gasteiger partial charge in [-0.25, -0.2) is 4.79 Å². The molecule has 0 aliphatic rings. The Labute approximate surface area is 287 Å². The number of aliphatic hydroxyl groups excluding tert-OH is 1. The van der Waals surface area contributed by atoms with E-state index in [9.17, 15) is 19.8 Å². The van der Waals surface area contributed by atoms with Crippen molar-refractivity contribution in [3.05, 3.63) is 77.4 Å². The second kappa shape index (κ2) is 20.1. The fraction of sp³-hybridized carbons (Fsp3) is 0.438. The van der Waals surface area contributed by atoms with Gasteiger partial charge >= 0.3 is 71.1 Å². The molecule has 3 aromatic carbocycles. The minimum atomic E-state index is -0.965. The molecule has 0 fully saturated rings. The fourth-order valence-electron chi connectivity index (χ4n) is 4.72. The molecule has 0 aliphatic heterocycles. The van der Waals surface area contributed by atoms with E-state index in [0.717, 1.165) is 27.7 Å². The van der Waals surface area contributed by atoms with E-state index >= 15 is 0 Å². The third-order valence-electron chi connectivity index (χ3n) is 6.94. The Morgan fingerprint density at radius 2 is 1.43 bits per heavy atom. The van der Waals surface area contributed by atoms with Gasteiger partial charge in [-0.05, 0) is 71.8 Å². The molecule has 3 aromatic rings. The summed E-state index contributed by atoms with van der Waals surface area (Å²) >= 11 is 1.53. The van der Waals surface area contributed by atoms with Crippen LogP contribution in [0.15, 0.2) is 65.6 Å². The number of carboxylic acids is 2. The summed E-state index contributed by atoms with van der Waals surface area (Å²) in [6, 6.07) is 19.4. The van der Waals surface area contributed by atoms with Crippen LogP contribution in [-0.4, -0.2) is 92.5 Å². The number of thioether (sulfide) groups is 1. The molecule has 0 spiro atoms. The van der Waals surface area contributed by atoms with Gasteiger partial charge in [-0.2, -0.15) is 0 Å². The predicted molar refractivity (Wildman–Crippen MR) is 169 cm³/mol. The summed E-state index contributed by atoms with van der Waals surface area (Å²) in [5, 5.41) is 31.0. The normalized spacial score (nSPS) is 12.2. The summed E-state index contributed by atoms with van der Waals surface area (Å²) in [5.41, 5.74) is 2.53. The molecule has 2 atom stereocenters. The molecule has 0 saturated carbocycles. The van der Waals surface area contributed by atoms with Gasteiger partial charge in [-0.1, -0.05) is 81.8 Å². The molecule has 208 valence electrons. The van der Waals surface area contributed by atoms with E-state index in [-0.39, 0.29) is 76.3 Å². The van der Waals surface area contributed by atoms with E-state index in [1.165, 1.54) is 62.3 Å². The van der Waals surface area contributed by atoms with Gasteiger partial charge in [0.15, 0.2) is 0 Å². The zero-order chi connectivity index (χ0) is 27.3. The van der Waals surface area contributed by atoms with Gasteiger partial charge in [0.25, 0.3) is 0 Å². The first-order valence-electron chi connectivity index (χ1n) is 13.8. The van der Waals surface area contributed by atoms with Crippen LogP contribution in [0.25, 0.3) is 10.8 Å². The zero-order valence-electron chi connectivity index (χ0n) is 22.3.